The summed E-state index contributed by atoms with van der Waals surface area (Å²) in [6, 6.07) is 7.41. The Bertz CT molecular complexity index is 243. The monoisotopic (exact) mass is 197 g/mol. The van der Waals surface area contributed by atoms with Gasteiger partial charge in [-0.15, -0.1) is 0 Å². The summed E-state index contributed by atoms with van der Waals surface area (Å²) in [5, 5.41) is 0.733. The van der Waals surface area contributed by atoms with E-state index in [1.807, 2.05) is 31.2 Å². The predicted octanol–water partition coefficient (Wildman–Crippen LogP) is 3.72. The quantitative estimate of drug-likeness (QED) is 0.715. The van der Waals surface area contributed by atoms with Gasteiger partial charge in [-0.25, -0.2) is 0 Å². The van der Waals surface area contributed by atoms with Crippen molar-refractivity contribution in [3.8, 4) is 5.75 Å². The number of rotatable bonds is 4. The topological polar surface area (TPSA) is 9.23 Å². The molecule has 0 saturated heterocycles. The van der Waals surface area contributed by atoms with Gasteiger partial charge in [0.2, 0.25) is 0 Å². The van der Waals surface area contributed by atoms with Gasteiger partial charge in [-0.3, -0.25) is 0 Å². The molecule has 0 bridgehead atoms. The van der Waals surface area contributed by atoms with Crippen molar-refractivity contribution in [1.82, 2.24) is 0 Å². The fraction of sp³-hybridized carbons (Fsp3) is 0.364. The molecule has 0 fully saturated rings. The molecule has 0 N–H and O–H groups in total. The van der Waals surface area contributed by atoms with Crippen LogP contribution in [0.15, 0.2) is 24.3 Å². The van der Waals surface area contributed by atoms with Crippen LogP contribution in [0.25, 0.3) is 0 Å². The van der Waals surface area contributed by atoms with Crippen LogP contribution in [0.1, 0.15) is 19.8 Å². The van der Waals surface area contributed by atoms with Crippen LogP contribution < -0.4 is 4.74 Å². The van der Waals surface area contributed by atoms with Crippen LogP contribution in [0.2, 0.25) is 5.02 Å². The van der Waals surface area contributed by atoms with Crippen molar-refractivity contribution in [2.75, 3.05) is 0 Å². The fourth-order valence-electron chi connectivity index (χ4n) is 1.09. The lowest BCUT2D eigenvalue weighted by Gasteiger charge is -2.13. The molecule has 1 unspecified atom stereocenters. The van der Waals surface area contributed by atoms with Gasteiger partial charge in [-0.05, 0) is 44.0 Å². The Morgan fingerprint density at radius 2 is 2.00 bits per heavy atom. The third-order valence-corrected chi connectivity index (χ3v) is 2.01. The standard InChI is InChI=1S/C11H14ClO/c1-3-4-9(2)13-11-7-5-10(12)6-8-11/h5-9H,1,3-4H2,2H3. The van der Waals surface area contributed by atoms with E-state index in [-0.39, 0.29) is 6.10 Å². The zero-order valence-corrected chi connectivity index (χ0v) is 8.55. The van der Waals surface area contributed by atoms with Gasteiger partial charge in [0.05, 0.1) is 6.10 Å². The molecule has 0 amide bonds. The number of ether oxygens (including phenoxy) is 1. The minimum atomic E-state index is 0.221. The van der Waals surface area contributed by atoms with Gasteiger partial charge >= 0.3 is 0 Å². The molecule has 1 rings (SSSR count). The number of hydrogen-bond acceptors (Lipinski definition) is 1. The van der Waals surface area contributed by atoms with E-state index in [0.717, 1.165) is 23.6 Å². The van der Waals surface area contributed by atoms with Crippen molar-refractivity contribution in [1.29, 1.82) is 0 Å². The maximum Gasteiger partial charge on any atom is 0.119 e. The first-order chi connectivity index (χ1) is 6.22. The highest BCUT2D eigenvalue weighted by molar-refractivity contribution is 6.30. The molecule has 1 aromatic rings. The minimum Gasteiger partial charge on any atom is -0.491 e. The molecular weight excluding hydrogens is 184 g/mol. The smallest absolute Gasteiger partial charge is 0.119 e. The summed E-state index contributed by atoms with van der Waals surface area (Å²) in [4.78, 5) is 0. The van der Waals surface area contributed by atoms with Crippen molar-refractivity contribution in [2.45, 2.75) is 25.9 Å². The van der Waals surface area contributed by atoms with E-state index in [1.54, 1.807) is 0 Å². The maximum atomic E-state index is 5.74. The second-order valence-corrected chi connectivity index (χ2v) is 3.46. The van der Waals surface area contributed by atoms with Gasteiger partial charge in [0.15, 0.2) is 0 Å². The molecule has 0 heterocycles. The van der Waals surface area contributed by atoms with Gasteiger partial charge in [-0.1, -0.05) is 18.5 Å². The van der Waals surface area contributed by atoms with Crippen LogP contribution in [0, 0.1) is 6.92 Å². The van der Waals surface area contributed by atoms with Crippen molar-refractivity contribution in [3.63, 3.8) is 0 Å². The van der Waals surface area contributed by atoms with E-state index in [9.17, 15) is 0 Å². The fourth-order valence-corrected chi connectivity index (χ4v) is 1.22. The van der Waals surface area contributed by atoms with Crippen LogP contribution in [-0.4, -0.2) is 6.10 Å². The summed E-state index contributed by atoms with van der Waals surface area (Å²) >= 11 is 5.74. The van der Waals surface area contributed by atoms with Crippen LogP contribution >= 0.6 is 11.6 Å². The maximum absolute atomic E-state index is 5.74. The Balaban J connectivity index is 2.49. The zero-order valence-electron chi connectivity index (χ0n) is 7.79. The Morgan fingerprint density at radius 1 is 1.38 bits per heavy atom. The molecule has 0 aliphatic rings. The van der Waals surface area contributed by atoms with E-state index in [1.165, 1.54) is 0 Å². The van der Waals surface area contributed by atoms with Gasteiger partial charge in [0.25, 0.3) is 0 Å². The molecule has 0 aliphatic carbocycles. The van der Waals surface area contributed by atoms with Crippen molar-refractivity contribution >= 4 is 11.6 Å². The molecular formula is C11H14ClO. The Kier molecular flexibility index (Phi) is 4.10. The highest BCUT2D eigenvalue weighted by Gasteiger charge is 2.01. The third kappa shape index (κ3) is 3.69. The average molecular weight is 198 g/mol. The van der Waals surface area contributed by atoms with Crippen molar-refractivity contribution < 1.29 is 4.74 Å². The predicted molar refractivity (Wildman–Crippen MR) is 56.1 cm³/mol. The SMILES string of the molecule is [CH2]CCC(C)Oc1ccc(Cl)cc1. The van der Waals surface area contributed by atoms with Crippen LogP contribution in [0.5, 0.6) is 5.75 Å². The molecule has 0 spiro atoms. The van der Waals surface area contributed by atoms with Gasteiger partial charge in [0.1, 0.15) is 5.75 Å². The molecule has 0 aromatic heterocycles. The summed E-state index contributed by atoms with van der Waals surface area (Å²) in [7, 11) is 0. The highest BCUT2D eigenvalue weighted by atomic mass is 35.5. The second-order valence-electron chi connectivity index (χ2n) is 3.02. The van der Waals surface area contributed by atoms with Gasteiger partial charge < -0.3 is 4.74 Å². The summed E-state index contributed by atoms with van der Waals surface area (Å²) in [6.45, 7) is 5.82. The molecule has 0 aliphatic heterocycles. The molecule has 1 atom stereocenters. The molecule has 1 nitrogen and oxygen atoms in total. The van der Waals surface area contributed by atoms with E-state index < -0.39 is 0 Å². The Morgan fingerprint density at radius 3 is 2.54 bits per heavy atom. The van der Waals surface area contributed by atoms with Crippen LogP contribution in [0.4, 0.5) is 0 Å². The second kappa shape index (κ2) is 5.13. The van der Waals surface area contributed by atoms with Crippen molar-refractivity contribution in [2.24, 2.45) is 0 Å². The Labute approximate surface area is 84.7 Å². The molecule has 13 heavy (non-hydrogen) atoms. The van der Waals surface area contributed by atoms with E-state index in [4.69, 9.17) is 16.3 Å². The van der Waals surface area contributed by atoms with Crippen molar-refractivity contribution in [3.05, 3.63) is 36.2 Å². The number of halogens is 1. The van der Waals surface area contributed by atoms with Crippen LogP contribution in [-0.2, 0) is 0 Å². The first-order valence-electron chi connectivity index (χ1n) is 4.44. The summed E-state index contributed by atoms with van der Waals surface area (Å²) in [5.74, 6) is 0.866. The summed E-state index contributed by atoms with van der Waals surface area (Å²) < 4.78 is 5.61. The number of hydrogen-bond donors (Lipinski definition) is 0. The third-order valence-electron chi connectivity index (χ3n) is 1.76. The lowest BCUT2D eigenvalue weighted by molar-refractivity contribution is 0.212. The highest BCUT2D eigenvalue weighted by Crippen LogP contribution is 2.17. The van der Waals surface area contributed by atoms with E-state index in [2.05, 4.69) is 6.92 Å². The van der Waals surface area contributed by atoms with Gasteiger partial charge in [0, 0.05) is 5.02 Å². The van der Waals surface area contributed by atoms with Crippen LogP contribution in [0.3, 0.4) is 0 Å². The minimum absolute atomic E-state index is 0.221. The molecule has 0 saturated carbocycles. The van der Waals surface area contributed by atoms with E-state index in [0.29, 0.717) is 0 Å². The molecule has 2 heteroatoms. The average Bonchev–Trinajstić information content (AvgIpc) is 2.09. The summed E-state index contributed by atoms with van der Waals surface area (Å²) in [5.41, 5.74) is 0. The lowest BCUT2D eigenvalue weighted by atomic mass is 10.2. The first kappa shape index (κ1) is 10.4. The normalized spacial score (nSPS) is 12.5. The van der Waals surface area contributed by atoms with Gasteiger partial charge in [-0.2, -0.15) is 0 Å². The van der Waals surface area contributed by atoms with E-state index >= 15 is 0 Å². The number of benzene rings is 1. The molecule has 71 valence electrons. The lowest BCUT2D eigenvalue weighted by Crippen LogP contribution is -2.10. The molecule has 1 aromatic carbocycles. The zero-order chi connectivity index (χ0) is 9.68. The first-order valence-corrected chi connectivity index (χ1v) is 4.81. The largest absolute Gasteiger partial charge is 0.491 e. The Hall–Kier alpha value is -0.690. The molecule has 1 radical (unpaired) electrons. The summed E-state index contributed by atoms with van der Waals surface area (Å²) in [6.07, 6.45) is 2.09.